The second-order valence-electron chi connectivity index (χ2n) is 7.29. The van der Waals surface area contributed by atoms with Crippen LogP contribution in [0.2, 0.25) is 0 Å². The zero-order chi connectivity index (χ0) is 20.3. The molecule has 0 aliphatic rings. The zero-order valence-corrected chi connectivity index (χ0v) is 17.7. The number of thiophene rings is 1. The van der Waals surface area contributed by atoms with Crippen LogP contribution in [0.1, 0.15) is 34.3 Å². The second kappa shape index (κ2) is 8.84. The minimum atomic E-state index is -0.247. The monoisotopic (exact) mass is 402 g/mol. The van der Waals surface area contributed by atoms with E-state index in [0.29, 0.717) is 13.1 Å². The first-order valence-electron chi connectivity index (χ1n) is 9.54. The molecule has 0 radical (unpaired) electrons. The number of carbonyl (C=O) groups is 1. The topological polar surface area (TPSA) is 41.4 Å². The molecule has 0 aliphatic heterocycles. The number of hydrogen-bond acceptors (Lipinski definition) is 4. The van der Waals surface area contributed by atoms with Crippen LogP contribution in [0.15, 0.2) is 30.3 Å². The first-order valence-corrected chi connectivity index (χ1v) is 10.4. The van der Waals surface area contributed by atoms with Crippen LogP contribution in [0.4, 0.5) is 4.39 Å². The molecule has 2 aromatic heterocycles. The van der Waals surface area contributed by atoms with Gasteiger partial charge in [-0.25, -0.2) is 4.39 Å². The summed E-state index contributed by atoms with van der Waals surface area (Å²) in [6.07, 6.45) is 0.932. The van der Waals surface area contributed by atoms with Gasteiger partial charge >= 0.3 is 0 Å². The Hall–Kier alpha value is -2.25. The minimum absolute atomic E-state index is 0.0811. The predicted molar refractivity (Wildman–Crippen MR) is 113 cm³/mol. The number of rotatable bonds is 8. The van der Waals surface area contributed by atoms with E-state index >= 15 is 0 Å². The van der Waals surface area contributed by atoms with Crippen LogP contribution in [0, 0.1) is 12.7 Å². The molecule has 7 heteroatoms. The van der Waals surface area contributed by atoms with E-state index in [0.717, 1.165) is 45.9 Å². The highest BCUT2D eigenvalue weighted by molar-refractivity contribution is 7.20. The Morgan fingerprint density at radius 1 is 1.18 bits per heavy atom. The molecule has 0 aliphatic carbocycles. The van der Waals surface area contributed by atoms with Crippen LogP contribution in [-0.4, -0.2) is 59.2 Å². The summed E-state index contributed by atoms with van der Waals surface area (Å²) in [6, 6.07) is 8.41. The van der Waals surface area contributed by atoms with Crippen LogP contribution >= 0.6 is 11.3 Å². The first-order chi connectivity index (χ1) is 13.4. The highest BCUT2D eigenvalue weighted by Gasteiger charge is 2.21. The van der Waals surface area contributed by atoms with Crippen LogP contribution in [0.3, 0.4) is 0 Å². The molecule has 0 atom stereocenters. The van der Waals surface area contributed by atoms with E-state index in [1.54, 1.807) is 12.1 Å². The Morgan fingerprint density at radius 3 is 2.54 bits per heavy atom. The Morgan fingerprint density at radius 2 is 1.89 bits per heavy atom. The van der Waals surface area contributed by atoms with Crippen molar-refractivity contribution in [1.82, 2.24) is 19.6 Å². The maximum atomic E-state index is 13.2. The molecule has 0 fully saturated rings. The molecular weight excluding hydrogens is 375 g/mol. The molecule has 2 heterocycles. The number of halogens is 1. The SMILES string of the molecule is CCCN(CCN(C)C)C(=O)c1cc2c(C)nn(Cc3ccc(F)cc3)c2s1. The van der Waals surface area contributed by atoms with Crippen molar-refractivity contribution >= 4 is 27.5 Å². The van der Waals surface area contributed by atoms with Crippen LogP contribution in [0.5, 0.6) is 0 Å². The lowest BCUT2D eigenvalue weighted by Gasteiger charge is -2.23. The van der Waals surface area contributed by atoms with Crippen LogP contribution in [0.25, 0.3) is 10.2 Å². The van der Waals surface area contributed by atoms with Crippen molar-refractivity contribution in [3.05, 3.63) is 52.3 Å². The number of likely N-dealkylation sites (N-methyl/N-ethyl adjacent to an activating group) is 1. The molecule has 0 saturated carbocycles. The molecule has 0 spiro atoms. The standard InChI is InChI=1S/C21H27FN4OS/c1-5-10-25(12-11-24(3)4)20(27)19-13-18-15(2)23-26(21(18)28-19)14-16-6-8-17(22)9-7-16/h6-9,13H,5,10-12,14H2,1-4H3. The lowest BCUT2D eigenvalue weighted by Crippen LogP contribution is -2.36. The average molecular weight is 403 g/mol. The molecule has 3 rings (SSSR count). The molecule has 0 unspecified atom stereocenters. The maximum absolute atomic E-state index is 13.2. The quantitative estimate of drug-likeness (QED) is 0.572. The van der Waals surface area contributed by atoms with Crippen molar-refractivity contribution in [3.8, 4) is 0 Å². The number of hydrogen-bond donors (Lipinski definition) is 0. The van der Waals surface area contributed by atoms with Gasteiger partial charge in [-0.1, -0.05) is 19.1 Å². The number of carbonyl (C=O) groups excluding carboxylic acids is 1. The Balaban J connectivity index is 1.86. The largest absolute Gasteiger partial charge is 0.337 e. The summed E-state index contributed by atoms with van der Waals surface area (Å²) in [5, 5.41) is 5.62. The molecule has 28 heavy (non-hydrogen) atoms. The third-order valence-corrected chi connectivity index (χ3v) is 5.80. The van der Waals surface area contributed by atoms with Crippen molar-refractivity contribution < 1.29 is 9.18 Å². The van der Waals surface area contributed by atoms with E-state index in [2.05, 4.69) is 16.9 Å². The highest BCUT2D eigenvalue weighted by atomic mass is 32.1. The molecule has 5 nitrogen and oxygen atoms in total. The normalized spacial score (nSPS) is 11.5. The fraction of sp³-hybridized carbons (Fsp3) is 0.429. The van der Waals surface area contributed by atoms with Gasteiger partial charge < -0.3 is 9.80 Å². The number of aryl methyl sites for hydroxylation is 1. The third kappa shape index (κ3) is 4.59. The summed E-state index contributed by atoms with van der Waals surface area (Å²) in [5.41, 5.74) is 1.88. The van der Waals surface area contributed by atoms with Gasteiger partial charge in [0.25, 0.3) is 5.91 Å². The Kier molecular flexibility index (Phi) is 6.46. The lowest BCUT2D eigenvalue weighted by molar-refractivity contribution is 0.0750. The van der Waals surface area contributed by atoms with Gasteiger partial charge in [0.05, 0.1) is 17.1 Å². The van der Waals surface area contributed by atoms with E-state index in [1.807, 2.05) is 36.7 Å². The summed E-state index contributed by atoms with van der Waals surface area (Å²) >= 11 is 1.49. The Bertz CT molecular complexity index is 945. The first kappa shape index (κ1) is 20.5. The van der Waals surface area contributed by atoms with Gasteiger partial charge in [-0.05, 0) is 51.2 Å². The number of aromatic nitrogens is 2. The van der Waals surface area contributed by atoms with Crippen molar-refractivity contribution in [1.29, 1.82) is 0 Å². The fourth-order valence-electron chi connectivity index (χ4n) is 3.15. The molecule has 3 aromatic rings. The Labute approximate surface area is 169 Å². The summed E-state index contributed by atoms with van der Waals surface area (Å²) in [7, 11) is 4.03. The van der Waals surface area contributed by atoms with Crippen molar-refractivity contribution in [2.45, 2.75) is 26.8 Å². The fourth-order valence-corrected chi connectivity index (χ4v) is 4.28. The molecule has 150 valence electrons. The molecule has 1 amide bonds. The zero-order valence-electron chi connectivity index (χ0n) is 16.9. The molecular formula is C21H27FN4OS. The minimum Gasteiger partial charge on any atom is -0.337 e. The van der Waals surface area contributed by atoms with Gasteiger partial charge in [-0.15, -0.1) is 11.3 Å². The number of benzene rings is 1. The second-order valence-corrected chi connectivity index (χ2v) is 8.33. The van der Waals surface area contributed by atoms with E-state index in [1.165, 1.54) is 23.5 Å². The molecule has 1 aromatic carbocycles. The van der Waals surface area contributed by atoms with Gasteiger partial charge in [-0.3, -0.25) is 9.48 Å². The van der Waals surface area contributed by atoms with Crippen molar-refractivity contribution in [2.75, 3.05) is 33.7 Å². The summed E-state index contributed by atoms with van der Waals surface area (Å²) in [6.45, 7) is 6.91. The van der Waals surface area contributed by atoms with Crippen molar-refractivity contribution in [2.24, 2.45) is 0 Å². The van der Waals surface area contributed by atoms with Gasteiger partial charge in [0.2, 0.25) is 0 Å². The van der Waals surface area contributed by atoms with Gasteiger partial charge in [0.15, 0.2) is 0 Å². The average Bonchev–Trinajstić information content (AvgIpc) is 3.21. The van der Waals surface area contributed by atoms with E-state index < -0.39 is 0 Å². The molecule has 0 saturated heterocycles. The number of amides is 1. The van der Waals surface area contributed by atoms with E-state index in [4.69, 9.17) is 0 Å². The van der Waals surface area contributed by atoms with E-state index in [9.17, 15) is 9.18 Å². The van der Waals surface area contributed by atoms with Gasteiger partial charge in [-0.2, -0.15) is 5.10 Å². The lowest BCUT2D eigenvalue weighted by atomic mass is 10.2. The predicted octanol–water partition coefficient (Wildman–Crippen LogP) is 4.01. The third-order valence-electron chi connectivity index (χ3n) is 4.66. The number of nitrogens with zero attached hydrogens (tertiary/aromatic N) is 4. The van der Waals surface area contributed by atoms with Crippen LogP contribution < -0.4 is 0 Å². The van der Waals surface area contributed by atoms with Crippen molar-refractivity contribution in [3.63, 3.8) is 0 Å². The summed E-state index contributed by atoms with van der Waals surface area (Å²) in [4.78, 5) is 18.8. The smallest absolute Gasteiger partial charge is 0.264 e. The highest BCUT2D eigenvalue weighted by Crippen LogP contribution is 2.29. The summed E-state index contributed by atoms with van der Waals surface area (Å²) < 4.78 is 15.1. The molecule has 0 N–H and O–H groups in total. The maximum Gasteiger partial charge on any atom is 0.264 e. The summed E-state index contributed by atoms with van der Waals surface area (Å²) in [5.74, 6) is -0.166. The van der Waals surface area contributed by atoms with E-state index in [-0.39, 0.29) is 11.7 Å². The van der Waals surface area contributed by atoms with Gasteiger partial charge in [0, 0.05) is 25.0 Å². The molecule has 0 bridgehead atoms. The van der Waals surface area contributed by atoms with Crippen LogP contribution in [-0.2, 0) is 6.54 Å². The number of fused-ring (bicyclic) bond motifs is 1. The van der Waals surface area contributed by atoms with Gasteiger partial charge in [0.1, 0.15) is 10.6 Å².